The predicted molar refractivity (Wildman–Crippen MR) is 74.7 cm³/mol. The van der Waals surface area contributed by atoms with Crippen molar-refractivity contribution in [2.45, 2.75) is 51.4 Å². The fourth-order valence-corrected chi connectivity index (χ4v) is 2.25. The van der Waals surface area contributed by atoms with Gasteiger partial charge in [-0.1, -0.05) is 0 Å². The second-order valence-corrected chi connectivity index (χ2v) is 5.90. The van der Waals surface area contributed by atoms with Crippen molar-refractivity contribution < 1.29 is 28.5 Å². The largest absolute Gasteiger partial charge is 0.467 e. The van der Waals surface area contributed by atoms with Gasteiger partial charge in [0.05, 0.1) is 13.2 Å². The van der Waals surface area contributed by atoms with Crippen LogP contribution in [0.25, 0.3) is 0 Å². The van der Waals surface area contributed by atoms with Gasteiger partial charge in [-0.2, -0.15) is 0 Å². The number of likely N-dealkylation sites (tertiary alicyclic amines) is 1. The molecular formula is C14H25NO6. The van der Waals surface area contributed by atoms with Gasteiger partial charge in [0.25, 0.3) is 0 Å². The summed E-state index contributed by atoms with van der Waals surface area (Å²) in [6.45, 7) is 5.89. The van der Waals surface area contributed by atoms with Gasteiger partial charge in [0.1, 0.15) is 12.4 Å². The molecule has 1 heterocycles. The fourth-order valence-electron chi connectivity index (χ4n) is 2.25. The van der Waals surface area contributed by atoms with Crippen LogP contribution in [0.2, 0.25) is 0 Å². The van der Waals surface area contributed by atoms with E-state index in [2.05, 4.69) is 0 Å². The van der Waals surface area contributed by atoms with Gasteiger partial charge in [0.2, 0.25) is 0 Å². The molecule has 0 bridgehead atoms. The zero-order chi connectivity index (χ0) is 16.0. The zero-order valence-corrected chi connectivity index (χ0v) is 13.4. The van der Waals surface area contributed by atoms with E-state index in [1.807, 2.05) is 0 Å². The molecule has 1 aliphatic rings. The first-order valence-electron chi connectivity index (χ1n) is 6.98. The summed E-state index contributed by atoms with van der Waals surface area (Å²) in [4.78, 5) is 25.6. The third-order valence-electron chi connectivity index (χ3n) is 3.08. The van der Waals surface area contributed by atoms with Crippen LogP contribution >= 0.6 is 0 Å². The van der Waals surface area contributed by atoms with Crippen molar-refractivity contribution in [2.24, 2.45) is 0 Å². The minimum atomic E-state index is -0.870. The molecule has 0 aliphatic carbocycles. The van der Waals surface area contributed by atoms with Gasteiger partial charge in [-0.15, -0.1) is 0 Å². The Bertz CT molecular complexity index is 365. The molecule has 2 atom stereocenters. The van der Waals surface area contributed by atoms with E-state index >= 15 is 0 Å². The highest BCUT2D eigenvalue weighted by Gasteiger charge is 2.41. The van der Waals surface area contributed by atoms with E-state index in [0.717, 1.165) is 6.42 Å². The highest BCUT2D eigenvalue weighted by molar-refractivity contribution is 5.77. The molecule has 1 fully saturated rings. The molecule has 7 nitrogen and oxygen atoms in total. The second kappa shape index (κ2) is 7.61. The minimum Gasteiger partial charge on any atom is -0.467 e. The van der Waals surface area contributed by atoms with Gasteiger partial charge in [-0.25, -0.2) is 9.59 Å². The third kappa shape index (κ3) is 5.17. The maximum atomic E-state index is 12.2. The molecule has 0 spiro atoms. The third-order valence-corrected chi connectivity index (χ3v) is 3.08. The molecule has 7 heteroatoms. The number of esters is 1. The quantitative estimate of drug-likeness (QED) is 0.566. The van der Waals surface area contributed by atoms with Gasteiger partial charge in [0, 0.05) is 13.7 Å². The zero-order valence-electron chi connectivity index (χ0n) is 13.4. The summed E-state index contributed by atoms with van der Waals surface area (Å²) in [6.07, 6.45) is 0.126. The Balaban J connectivity index is 2.80. The first kappa shape index (κ1) is 17.7. The van der Waals surface area contributed by atoms with E-state index < -0.39 is 29.8 Å². The number of rotatable bonds is 5. The summed E-state index contributed by atoms with van der Waals surface area (Å²) in [7, 11) is 2.76. The van der Waals surface area contributed by atoms with E-state index in [-0.39, 0.29) is 6.79 Å². The number of amides is 1. The molecule has 0 aromatic rings. The second-order valence-electron chi connectivity index (χ2n) is 5.90. The van der Waals surface area contributed by atoms with Gasteiger partial charge in [0.15, 0.2) is 6.10 Å². The van der Waals surface area contributed by atoms with Crippen LogP contribution in [0, 0.1) is 0 Å². The van der Waals surface area contributed by atoms with Crippen molar-refractivity contribution in [3.8, 4) is 0 Å². The van der Waals surface area contributed by atoms with Crippen molar-refractivity contribution in [3.63, 3.8) is 0 Å². The maximum Gasteiger partial charge on any atom is 0.410 e. The van der Waals surface area contributed by atoms with Crippen molar-refractivity contribution in [1.82, 2.24) is 4.90 Å². The summed E-state index contributed by atoms with van der Waals surface area (Å²) >= 11 is 0. The Morgan fingerprint density at radius 3 is 2.48 bits per heavy atom. The molecule has 0 aromatic heterocycles. The lowest BCUT2D eigenvalue weighted by molar-refractivity contribution is -0.167. The Morgan fingerprint density at radius 2 is 1.95 bits per heavy atom. The average molecular weight is 303 g/mol. The van der Waals surface area contributed by atoms with Crippen LogP contribution in [0.1, 0.15) is 33.6 Å². The normalized spacial score (nSPS) is 20.2. The molecule has 1 rings (SSSR count). The molecule has 0 aromatic carbocycles. The van der Waals surface area contributed by atoms with E-state index in [1.54, 1.807) is 20.8 Å². The Labute approximate surface area is 125 Å². The number of nitrogens with zero attached hydrogens (tertiary/aromatic N) is 1. The van der Waals surface area contributed by atoms with Gasteiger partial charge >= 0.3 is 12.1 Å². The van der Waals surface area contributed by atoms with E-state index in [0.29, 0.717) is 13.0 Å². The standard InChI is InChI=1S/C14H25NO6/c1-14(2,3)21-13(17)15-8-6-7-10(15)11(12(16)19-5)20-9-18-4/h10-11H,6-9H2,1-5H3/t10-,11?/m0/s1. The number of hydrogen-bond donors (Lipinski definition) is 0. The Kier molecular flexibility index (Phi) is 6.42. The molecule has 1 unspecified atom stereocenters. The predicted octanol–water partition coefficient (Wildman–Crippen LogP) is 1.55. The molecule has 1 amide bonds. The maximum absolute atomic E-state index is 12.2. The lowest BCUT2D eigenvalue weighted by atomic mass is 10.1. The molecule has 0 N–H and O–H groups in total. The summed E-state index contributed by atoms with van der Waals surface area (Å²) < 4.78 is 20.4. The fraction of sp³-hybridized carbons (Fsp3) is 0.857. The van der Waals surface area contributed by atoms with Gasteiger partial charge < -0.3 is 23.8 Å². The SMILES string of the molecule is COCOC(C(=O)OC)[C@@H]1CCCN1C(=O)OC(C)(C)C. The van der Waals surface area contributed by atoms with E-state index in [1.165, 1.54) is 19.1 Å². The topological polar surface area (TPSA) is 74.3 Å². The van der Waals surface area contributed by atoms with Crippen molar-refractivity contribution in [2.75, 3.05) is 27.6 Å². The Hall–Kier alpha value is -1.34. The van der Waals surface area contributed by atoms with Crippen LogP contribution in [0.4, 0.5) is 4.79 Å². The first-order valence-corrected chi connectivity index (χ1v) is 6.98. The highest BCUT2D eigenvalue weighted by atomic mass is 16.7. The summed E-state index contributed by atoms with van der Waals surface area (Å²) in [6, 6.07) is -0.401. The molecule has 0 saturated carbocycles. The van der Waals surface area contributed by atoms with Crippen molar-refractivity contribution in [1.29, 1.82) is 0 Å². The van der Waals surface area contributed by atoms with Crippen molar-refractivity contribution >= 4 is 12.1 Å². The number of carbonyl (C=O) groups is 2. The molecule has 0 radical (unpaired) electrons. The summed E-state index contributed by atoms with van der Waals surface area (Å²) in [5.74, 6) is -0.521. The van der Waals surface area contributed by atoms with Crippen LogP contribution in [0.15, 0.2) is 0 Å². The molecular weight excluding hydrogens is 278 g/mol. The lowest BCUT2D eigenvalue weighted by Crippen LogP contribution is -2.49. The van der Waals surface area contributed by atoms with Crippen LogP contribution < -0.4 is 0 Å². The molecule has 122 valence electrons. The summed E-state index contributed by atoms with van der Waals surface area (Å²) in [5, 5.41) is 0. The van der Waals surface area contributed by atoms with Crippen molar-refractivity contribution in [3.05, 3.63) is 0 Å². The number of carbonyl (C=O) groups excluding carboxylic acids is 2. The van der Waals surface area contributed by atoms with E-state index in [9.17, 15) is 9.59 Å². The number of methoxy groups -OCH3 is 2. The van der Waals surface area contributed by atoms with Crippen LogP contribution in [0.5, 0.6) is 0 Å². The van der Waals surface area contributed by atoms with Crippen LogP contribution in [-0.2, 0) is 23.7 Å². The molecule has 21 heavy (non-hydrogen) atoms. The lowest BCUT2D eigenvalue weighted by Gasteiger charge is -2.31. The van der Waals surface area contributed by atoms with Gasteiger partial charge in [-0.3, -0.25) is 0 Å². The van der Waals surface area contributed by atoms with Crippen LogP contribution in [0.3, 0.4) is 0 Å². The first-order chi connectivity index (χ1) is 9.80. The Morgan fingerprint density at radius 1 is 1.29 bits per heavy atom. The molecule has 1 saturated heterocycles. The summed E-state index contributed by atoms with van der Waals surface area (Å²) in [5.41, 5.74) is -0.585. The van der Waals surface area contributed by atoms with Gasteiger partial charge in [-0.05, 0) is 33.6 Å². The minimum absolute atomic E-state index is 0.0432. The smallest absolute Gasteiger partial charge is 0.410 e. The van der Waals surface area contributed by atoms with Crippen LogP contribution in [-0.4, -0.2) is 62.3 Å². The monoisotopic (exact) mass is 303 g/mol. The average Bonchev–Trinajstić information content (AvgIpc) is 2.86. The highest BCUT2D eigenvalue weighted by Crippen LogP contribution is 2.25. The molecule has 1 aliphatic heterocycles. The van der Waals surface area contributed by atoms with E-state index in [4.69, 9.17) is 18.9 Å². The number of ether oxygens (including phenoxy) is 4. The number of hydrogen-bond acceptors (Lipinski definition) is 6.